The number of aryl methyl sites for hydroxylation is 2. The molecular weight excluding hydrogens is 322 g/mol. The Labute approximate surface area is 142 Å². The molecule has 0 amide bonds. The smallest absolute Gasteiger partial charge is 0.315 e. The van der Waals surface area contributed by atoms with Gasteiger partial charge < -0.3 is 9.52 Å². The minimum absolute atomic E-state index is 0.307. The molecule has 0 unspecified atom stereocenters. The van der Waals surface area contributed by atoms with Crippen LogP contribution >= 0.6 is 0 Å². The maximum atomic E-state index is 11.3. The van der Waals surface area contributed by atoms with Crippen molar-refractivity contribution in [1.82, 2.24) is 4.98 Å². The van der Waals surface area contributed by atoms with Crippen molar-refractivity contribution in [3.63, 3.8) is 0 Å². The van der Waals surface area contributed by atoms with Crippen molar-refractivity contribution in [3.05, 3.63) is 57.5 Å². The molecule has 0 aliphatic heterocycles. The van der Waals surface area contributed by atoms with E-state index in [1.807, 2.05) is 0 Å². The number of hydrogen-bond acceptors (Lipinski definition) is 6. The Bertz CT molecular complexity index is 993. The first-order valence-corrected chi connectivity index (χ1v) is 8.05. The third kappa shape index (κ3) is 2.63. The van der Waals surface area contributed by atoms with Crippen LogP contribution in [0.4, 0.5) is 11.5 Å². The molecule has 0 saturated carbocycles. The predicted molar refractivity (Wildman–Crippen MR) is 92.7 cm³/mol. The minimum Gasteiger partial charge on any atom is -0.502 e. The predicted octanol–water partition coefficient (Wildman–Crippen LogP) is 4.07. The number of nitro groups is 1. The highest BCUT2D eigenvalue weighted by Crippen LogP contribution is 2.41. The average molecular weight is 337 g/mol. The molecule has 126 valence electrons. The number of nitro benzene ring substituents is 1. The number of fused-ring (bicyclic) bond motifs is 3. The molecular formula is C18H15N3O4. The number of phenolic OH excluding ortho intramolecular Hbond substituents is 1. The van der Waals surface area contributed by atoms with Crippen molar-refractivity contribution in [2.24, 2.45) is 4.99 Å². The Kier molecular flexibility index (Phi) is 3.68. The summed E-state index contributed by atoms with van der Waals surface area (Å²) in [6, 6.07) is 6.57. The largest absolute Gasteiger partial charge is 0.502 e. The van der Waals surface area contributed by atoms with Crippen LogP contribution < -0.4 is 0 Å². The van der Waals surface area contributed by atoms with Crippen molar-refractivity contribution < 1.29 is 14.4 Å². The maximum Gasteiger partial charge on any atom is 0.315 e. The number of furan rings is 1. The van der Waals surface area contributed by atoms with Crippen LogP contribution in [-0.2, 0) is 12.8 Å². The summed E-state index contributed by atoms with van der Waals surface area (Å²) in [7, 11) is 0. The summed E-state index contributed by atoms with van der Waals surface area (Å²) in [5.41, 5.74) is 1.34. The molecule has 2 heterocycles. The molecule has 1 N–H and O–H groups in total. The van der Waals surface area contributed by atoms with Crippen LogP contribution in [0.3, 0.4) is 0 Å². The summed E-state index contributed by atoms with van der Waals surface area (Å²) in [5, 5.41) is 22.4. The molecule has 25 heavy (non-hydrogen) atoms. The average Bonchev–Trinajstić information content (AvgIpc) is 2.99. The lowest BCUT2D eigenvalue weighted by Crippen LogP contribution is -2.00. The lowest BCUT2D eigenvalue weighted by Gasteiger charge is -2.09. The third-order valence-corrected chi connectivity index (χ3v) is 4.41. The first kappa shape index (κ1) is 15.3. The zero-order valence-corrected chi connectivity index (χ0v) is 13.3. The van der Waals surface area contributed by atoms with Crippen LogP contribution in [0.15, 0.2) is 39.9 Å². The van der Waals surface area contributed by atoms with Gasteiger partial charge in [0.25, 0.3) is 0 Å². The Morgan fingerprint density at radius 1 is 1.32 bits per heavy atom. The fraction of sp³-hybridized carbons (Fsp3) is 0.222. The monoisotopic (exact) mass is 337 g/mol. The van der Waals surface area contributed by atoms with Gasteiger partial charge in [-0.3, -0.25) is 10.1 Å². The Balaban J connectivity index is 1.96. The van der Waals surface area contributed by atoms with E-state index in [0.29, 0.717) is 22.4 Å². The molecule has 0 fully saturated rings. The third-order valence-electron chi connectivity index (χ3n) is 4.41. The summed E-state index contributed by atoms with van der Waals surface area (Å²) in [6.07, 6.45) is 6.71. The Hall–Kier alpha value is -3.22. The lowest BCUT2D eigenvalue weighted by molar-refractivity contribution is -0.385. The molecule has 1 aliphatic carbocycles. The number of phenols is 1. The van der Waals surface area contributed by atoms with Gasteiger partial charge in [0.05, 0.1) is 16.6 Å². The second kappa shape index (κ2) is 6.01. The summed E-state index contributed by atoms with van der Waals surface area (Å²) in [4.78, 5) is 19.0. The van der Waals surface area contributed by atoms with Gasteiger partial charge in [0, 0.05) is 29.8 Å². The highest BCUT2D eigenvalue weighted by molar-refractivity contribution is 6.05. The standard InChI is InChI=1S/C18H15N3O4/c22-18-12(10-20-16-7-3-4-8-19-16)17-11-5-1-2-6-14(11)25-15(17)9-13(18)21(23)24/h3-4,7-10,22H,1-2,5-6H2. The number of aliphatic imine (C=N–C) groups is 1. The van der Waals surface area contributed by atoms with E-state index in [0.717, 1.165) is 37.0 Å². The fourth-order valence-corrected chi connectivity index (χ4v) is 3.26. The van der Waals surface area contributed by atoms with Gasteiger partial charge in [-0.05, 0) is 31.4 Å². The number of aromatic nitrogens is 1. The summed E-state index contributed by atoms with van der Waals surface area (Å²) < 4.78 is 5.84. The number of nitrogens with zero attached hydrogens (tertiary/aromatic N) is 3. The molecule has 0 bridgehead atoms. The fourth-order valence-electron chi connectivity index (χ4n) is 3.26. The Morgan fingerprint density at radius 2 is 2.16 bits per heavy atom. The van der Waals surface area contributed by atoms with Gasteiger partial charge in [-0.2, -0.15) is 0 Å². The number of benzene rings is 1. The quantitative estimate of drug-likeness (QED) is 0.441. The van der Waals surface area contributed by atoms with E-state index in [4.69, 9.17) is 4.42 Å². The minimum atomic E-state index is -0.617. The molecule has 0 atom stereocenters. The lowest BCUT2D eigenvalue weighted by atomic mass is 9.93. The van der Waals surface area contributed by atoms with E-state index in [2.05, 4.69) is 9.98 Å². The number of pyridine rings is 1. The summed E-state index contributed by atoms with van der Waals surface area (Å²) in [5.74, 6) is 0.902. The molecule has 2 aromatic heterocycles. The van der Waals surface area contributed by atoms with E-state index in [1.54, 1.807) is 24.4 Å². The molecule has 4 rings (SSSR count). The second-order valence-electron chi connectivity index (χ2n) is 5.95. The molecule has 7 heteroatoms. The van der Waals surface area contributed by atoms with E-state index in [-0.39, 0.29) is 5.69 Å². The molecule has 1 aromatic carbocycles. The van der Waals surface area contributed by atoms with Gasteiger partial charge in [0.2, 0.25) is 5.75 Å². The normalized spacial score (nSPS) is 14.1. The molecule has 1 aliphatic rings. The van der Waals surface area contributed by atoms with Crippen molar-refractivity contribution in [3.8, 4) is 5.75 Å². The van der Waals surface area contributed by atoms with E-state index in [1.165, 1.54) is 12.3 Å². The van der Waals surface area contributed by atoms with Crippen molar-refractivity contribution in [2.45, 2.75) is 25.7 Å². The first-order chi connectivity index (χ1) is 12.1. The molecule has 0 saturated heterocycles. The Morgan fingerprint density at radius 3 is 2.92 bits per heavy atom. The number of hydrogen-bond donors (Lipinski definition) is 1. The van der Waals surface area contributed by atoms with Gasteiger partial charge in [0.15, 0.2) is 5.82 Å². The molecule has 7 nitrogen and oxygen atoms in total. The highest BCUT2D eigenvalue weighted by atomic mass is 16.6. The molecule has 0 spiro atoms. The van der Waals surface area contributed by atoms with Gasteiger partial charge in [-0.15, -0.1) is 0 Å². The maximum absolute atomic E-state index is 11.3. The van der Waals surface area contributed by atoms with Gasteiger partial charge >= 0.3 is 5.69 Å². The van der Waals surface area contributed by atoms with Crippen LogP contribution in [0.1, 0.15) is 29.7 Å². The zero-order valence-electron chi connectivity index (χ0n) is 13.3. The molecule has 0 radical (unpaired) electrons. The van der Waals surface area contributed by atoms with Crippen LogP contribution in [0.2, 0.25) is 0 Å². The van der Waals surface area contributed by atoms with E-state index >= 15 is 0 Å². The van der Waals surface area contributed by atoms with Crippen LogP contribution in [0.5, 0.6) is 5.75 Å². The highest BCUT2D eigenvalue weighted by Gasteiger charge is 2.27. The van der Waals surface area contributed by atoms with Crippen molar-refractivity contribution in [1.29, 1.82) is 0 Å². The zero-order chi connectivity index (χ0) is 17.4. The van der Waals surface area contributed by atoms with E-state index < -0.39 is 10.7 Å². The van der Waals surface area contributed by atoms with Gasteiger partial charge in [-0.25, -0.2) is 9.98 Å². The van der Waals surface area contributed by atoms with Crippen molar-refractivity contribution in [2.75, 3.05) is 0 Å². The number of aromatic hydroxyl groups is 1. The van der Waals surface area contributed by atoms with Crippen LogP contribution in [0, 0.1) is 10.1 Å². The van der Waals surface area contributed by atoms with Gasteiger partial charge in [-0.1, -0.05) is 6.07 Å². The van der Waals surface area contributed by atoms with Crippen molar-refractivity contribution >= 4 is 28.7 Å². The van der Waals surface area contributed by atoms with E-state index in [9.17, 15) is 15.2 Å². The van der Waals surface area contributed by atoms with Crippen LogP contribution in [-0.4, -0.2) is 21.2 Å². The van der Waals surface area contributed by atoms with Crippen LogP contribution in [0.25, 0.3) is 11.0 Å². The van der Waals surface area contributed by atoms with Gasteiger partial charge in [0.1, 0.15) is 11.3 Å². The summed E-state index contributed by atoms with van der Waals surface area (Å²) in [6.45, 7) is 0. The first-order valence-electron chi connectivity index (χ1n) is 8.05. The topological polar surface area (TPSA) is 102 Å². The second-order valence-corrected chi connectivity index (χ2v) is 5.95. The number of rotatable bonds is 3. The molecule has 3 aromatic rings. The SMILES string of the molecule is O=[N+]([O-])c1cc2oc3c(c2c(C=Nc2ccccn2)c1O)CCCC3. The summed E-state index contributed by atoms with van der Waals surface area (Å²) >= 11 is 0.